The maximum Gasteiger partial charge on any atom is 0.430 e. The Labute approximate surface area is 99.9 Å². The number of halogens is 3. The molecule has 18 heavy (non-hydrogen) atoms. The van der Waals surface area contributed by atoms with Gasteiger partial charge < -0.3 is 9.90 Å². The van der Waals surface area contributed by atoms with Crippen molar-refractivity contribution in [3.05, 3.63) is 24.3 Å². The van der Waals surface area contributed by atoms with Crippen molar-refractivity contribution in [2.24, 2.45) is 7.05 Å². The average molecular weight is 261 g/mol. The van der Waals surface area contributed by atoms with Crippen molar-refractivity contribution in [1.29, 1.82) is 0 Å². The van der Waals surface area contributed by atoms with Gasteiger partial charge in [0.25, 0.3) is 5.82 Å². The summed E-state index contributed by atoms with van der Waals surface area (Å²) in [5, 5.41) is 8.78. The third-order valence-electron chi connectivity index (χ3n) is 2.21. The molecule has 5 nitrogen and oxygen atoms in total. The van der Waals surface area contributed by atoms with Crippen LogP contribution in [0.3, 0.4) is 0 Å². The molecular weight excluding hydrogens is 251 g/mol. The zero-order valence-corrected chi connectivity index (χ0v) is 9.58. The molecule has 2 heterocycles. The largest absolute Gasteiger partial charge is 0.542 e. The second kappa shape index (κ2) is 5.03. The zero-order valence-electron chi connectivity index (χ0n) is 9.58. The Hall–Kier alpha value is -2.12. The fraction of sp³-hybridized carbons (Fsp3) is 0.300. The quantitative estimate of drug-likeness (QED) is 0.678. The Morgan fingerprint density at radius 1 is 1.50 bits per heavy atom. The summed E-state index contributed by atoms with van der Waals surface area (Å²) >= 11 is 0. The van der Waals surface area contributed by atoms with E-state index < -0.39 is 12.1 Å². The molecule has 2 rings (SSSR count). The molecule has 98 valence electrons. The molecule has 0 aliphatic carbocycles. The Morgan fingerprint density at radius 2 is 2.06 bits per heavy atom. The summed E-state index contributed by atoms with van der Waals surface area (Å²) in [4.78, 5) is 16.0. The third kappa shape index (κ3) is 3.19. The summed E-state index contributed by atoms with van der Waals surface area (Å²) < 4.78 is 33.7. The molecule has 0 saturated heterocycles. The lowest BCUT2D eigenvalue weighted by Crippen LogP contribution is -2.37. The van der Waals surface area contributed by atoms with Crippen LogP contribution < -0.4 is 9.67 Å². The predicted octanol–water partition coefficient (Wildman–Crippen LogP) is -0.00558. The van der Waals surface area contributed by atoms with Crippen LogP contribution in [0.1, 0.15) is 5.82 Å². The van der Waals surface area contributed by atoms with E-state index in [4.69, 9.17) is 9.90 Å². The van der Waals surface area contributed by atoms with Crippen LogP contribution in [-0.4, -0.2) is 22.1 Å². The number of carboxylic acid groups (broad SMARTS) is 1. The number of carboxylic acids is 1. The molecule has 0 saturated carbocycles. The van der Waals surface area contributed by atoms with E-state index in [1.54, 1.807) is 6.20 Å². The highest BCUT2D eigenvalue weighted by molar-refractivity contribution is 5.70. The molecular formula is C10H10F3N3O2. The lowest BCUT2D eigenvalue weighted by Gasteiger charge is -2.03. The van der Waals surface area contributed by atoms with E-state index in [0.29, 0.717) is 0 Å². The van der Waals surface area contributed by atoms with E-state index in [1.807, 2.05) is 26.2 Å². The predicted molar refractivity (Wildman–Crippen MR) is 53.1 cm³/mol. The van der Waals surface area contributed by atoms with Gasteiger partial charge in [-0.05, 0) is 0 Å². The fourth-order valence-corrected chi connectivity index (χ4v) is 1.24. The first-order chi connectivity index (χ1) is 8.23. The van der Waals surface area contributed by atoms with Crippen LogP contribution in [0.25, 0.3) is 11.0 Å². The molecule has 0 radical (unpaired) electrons. The van der Waals surface area contributed by atoms with Crippen molar-refractivity contribution in [2.75, 3.05) is 0 Å². The first kappa shape index (κ1) is 13.9. The van der Waals surface area contributed by atoms with Crippen LogP contribution in [0.2, 0.25) is 0 Å². The zero-order chi connectivity index (χ0) is 13.9. The van der Waals surface area contributed by atoms with Crippen LogP contribution in [0.4, 0.5) is 13.2 Å². The van der Waals surface area contributed by atoms with Gasteiger partial charge in [-0.3, -0.25) is 4.98 Å². The molecule has 2 aromatic heterocycles. The lowest BCUT2D eigenvalue weighted by atomic mass is 10.4. The molecule has 0 aliphatic heterocycles. The standard InChI is InChI=1S/C8H9N3.C2HF3O2/c1-6-10-7-5-9-4-3-8(7)11(6)2;3-2(4,5)1(6)7/h3-5H,1-2H3;(H,6,7). The first-order valence-electron chi connectivity index (χ1n) is 4.80. The van der Waals surface area contributed by atoms with Crippen LogP contribution >= 0.6 is 0 Å². The number of alkyl halides is 3. The Balaban J connectivity index is 0.000000203. The molecule has 0 unspecified atom stereocenters. The second-order valence-corrected chi connectivity index (χ2v) is 3.45. The van der Waals surface area contributed by atoms with Gasteiger partial charge in [-0.25, -0.2) is 9.55 Å². The molecule has 0 aromatic carbocycles. The number of imidazole rings is 1. The van der Waals surface area contributed by atoms with Crippen LogP contribution in [0.15, 0.2) is 18.5 Å². The van der Waals surface area contributed by atoms with E-state index >= 15 is 0 Å². The number of aliphatic carboxylic acids is 1. The summed E-state index contributed by atoms with van der Waals surface area (Å²) in [5.41, 5.74) is 2.28. The van der Waals surface area contributed by atoms with Crippen LogP contribution in [-0.2, 0) is 11.8 Å². The van der Waals surface area contributed by atoms with Gasteiger partial charge in [0.2, 0.25) is 0 Å². The smallest absolute Gasteiger partial charge is 0.430 e. The molecule has 2 aromatic rings. The minimum absolute atomic E-state index is 1.09. The number of rotatable bonds is 0. The summed E-state index contributed by atoms with van der Waals surface area (Å²) in [6, 6.07) is 2.00. The van der Waals surface area contributed by atoms with Crippen molar-refractivity contribution in [2.45, 2.75) is 13.1 Å². The number of aromatic amines is 1. The normalized spacial score (nSPS) is 10.9. The van der Waals surface area contributed by atoms with Gasteiger partial charge in [-0.1, -0.05) is 0 Å². The number of hydrogen-bond donors (Lipinski definition) is 1. The van der Waals surface area contributed by atoms with E-state index in [-0.39, 0.29) is 0 Å². The average Bonchev–Trinajstić information content (AvgIpc) is 2.55. The number of H-pyrrole nitrogens is 1. The van der Waals surface area contributed by atoms with Crippen LogP contribution in [0.5, 0.6) is 0 Å². The minimum atomic E-state index is -5.19. The number of nitrogens with one attached hydrogen (secondary N) is 1. The third-order valence-corrected chi connectivity index (χ3v) is 2.21. The van der Waals surface area contributed by atoms with Crippen molar-refractivity contribution in [3.63, 3.8) is 0 Å². The topological polar surface area (TPSA) is 72.7 Å². The van der Waals surface area contributed by atoms with Gasteiger partial charge >= 0.3 is 6.18 Å². The minimum Gasteiger partial charge on any atom is -0.542 e. The molecule has 0 atom stereocenters. The van der Waals surface area contributed by atoms with E-state index in [1.165, 1.54) is 5.52 Å². The molecule has 0 amide bonds. The Kier molecular flexibility index (Phi) is 3.89. The molecule has 0 aliphatic rings. The number of hydrogen-bond acceptors (Lipinski definition) is 3. The van der Waals surface area contributed by atoms with Gasteiger partial charge in [-0.2, -0.15) is 13.2 Å². The summed E-state index contributed by atoms with van der Waals surface area (Å²) in [6.07, 6.45) is -1.56. The molecule has 0 bridgehead atoms. The molecule has 8 heteroatoms. The summed E-state index contributed by atoms with van der Waals surface area (Å²) in [7, 11) is 2.04. The number of fused-ring (bicyclic) bond motifs is 1. The Morgan fingerprint density at radius 3 is 2.50 bits per heavy atom. The molecule has 1 N–H and O–H groups in total. The van der Waals surface area contributed by atoms with Crippen molar-refractivity contribution >= 4 is 17.0 Å². The number of nitrogens with zero attached hydrogens (tertiary/aromatic N) is 2. The van der Waals surface area contributed by atoms with E-state index in [0.717, 1.165) is 11.3 Å². The number of aromatic nitrogens is 3. The number of aryl methyl sites for hydroxylation is 2. The first-order valence-corrected chi connectivity index (χ1v) is 4.80. The molecule has 0 fully saturated rings. The highest BCUT2D eigenvalue weighted by Gasteiger charge is 2.28. The highest BCUT2D eigenvalue weighted by Crippen LogP contribution is 2.11. The van der Waals surface area contributed by atoms with Gasteiger partial charge in [0.1, 0.15) is 5.97 Å². The van der Waals surface area contributed by atoms with Gasteiger partial charge in [0.05, 0.1) is 13.2 Å². The SMILES string of the molecule is Cc1[nH]c2cnccc2[n+]1C.O=C([O-])C(F)(F)F. The number of pyridine rings is 1. The van der Waals surface area contributed by atoms with Crippen LogP contribution in [0, 0.1) is 6.92 Å². The Bertz CT molecular complexity index is 563. The van der Waals surface area contributed by atoms with Crippen molar-refractivity contribution < 1.29 is 27.6 Å². The monoisotopic (exact) mass is 261 g/mol. The van der Waals surface area contributed by atoms with Crippen molar-refractivity contribution in [1.82, 2.24) is 9.97 Å². The summed E-state index contributed by atoms with van der Waals surface area (Å²) in [5.74, 6) is -1.86. The van der Waals surface area contributed by atoms with E-state index in [9.17, 15) is 13.2 Å². The fourth-order valence-electron chi connectivity index (χ4n) is 1.24. The van der Waals surface area contributed by atoms with Crippen molar-refractivity contribution in [3.8, 4) is 0 Å². The van der Waals surface area contributed by atoms with Gasteiger partial charge in [0.15, 0.2) is 11.0 Å². The molecule has 0 spiro atoms. The number of carbonyl (C=O) groups excluding carboxylic acids is 1. The van der Waals surface area contributed by atoms with Gasteiger partial charge in [-0.15, -0.1) is 0 Å². The van der Waals surface area contributed by atoms with E-state index in [2.05, 4.69) is 14.5 Å². The highest BCUT2D eigenvalue weighted by atomic mass is 19.4. The number of carbonyl (C=O) groups is 1. The second-order valence-electron chi connectivity index (χ2n) is 3.45. The van der Waals surface area contributed by atoms with Gasteiger partial charge in [0, 0.05) is 19.2 Å². The lowest BCUT2D eigenvalue weighted by molar-refractivity contribution is -0.651. The summed E-state index contributed by atoms with van der Waals surface area (Å²) in [6.45, 7) is 2.04. The maximum atomic E-state index is 10.5. The maximum absolute atomic E-state index is 10.5.